The number of amides is 2. The van der Waals surface area contributed by atoms with Crippen molar-refractivity contribution in [2.45, 2.75) is 51.2 Å². The van der Waals surface area contributed by atoms with Crippen molar-refractivity contribution in [3.8, 4) is 5.75 Å². The van der Waals surface area contributed by atoms with Crippen molar-refractivity contribution >= 4 is 17.5 Å². The molecule has 4 rings (SSSR count). The topological polar surface area (TPSA) is 59.1 Å². The van der Waals surface area contributed by atoms with E-state index in [4.69, 9.17) is 9.47 Å². The Morgan fingerprint density at radius 3 is 2.81 bits per heavy atom. The maximum atomic E-state index is 13.2. The SMILES string of the molecule is CCCC[C@@H]1CN(C(=O)c2ccc3c(c2)N(C)C(=O)CO3)C[C@H](C2CC2)O1. The molecule has 1 saturated carbocycles. The lowest BCUT2D eigenvalue weighted by atomic mass is 10.0. The molecule has 2 amide bonds. The highest BCUT2D eigenvalue weighted by Gasteiger charge is 2.39. The summed E-state index contributed by atoms with van der Waals surface area (Å²) in [7, 11) is 1.72. The largest absolute Gasteiger partial charge is 0.482 e. The third-order valence-corrected chi connectivity index (χ3v) is 5.80. The molecule has 2 fully saturated rings. The number of hydrogen-bond donors (Lipinski definition) is 0. The molecule has 1 aliphatic carbocycles. The lowest BCUT2D eigenvalue weighted by Gasteiger charge is -2.38. The molecule has 0 bridgehead atoms. The van der Waals surface area contributed by atoms with Gasteiger partial charge in [0.15, 0.2) is 6.61 Å². The first-order valence-corrected chi connectivity index (χ1v) is 10.0. The van der Waals surface area contributed by atoms with E-state index in [1.807, 2.05) is 4.90 Å². The van der Waals surface area contributed by atoms with Crippen molar-refractivity contribution in [1.82, 2.24) is 4.90 Å². The third kappa shape index (κ3) is 3.81. The summed E-state index contributed by atoms with van der Waals surface area (Å²) in [6.45, 7) is 3.53. The number of morpholine rings is 1. The van der Waals surface area contributed by atoms with Crippen LogP contribution in [0.5, 0.6) is 5.75 Å². The van der Waals surface area contributed by atoms with Crippen LogP contribution in [-0.2, 0) is 9.53 Å². The number of unbranched alkanes of at least 4 members (excludes halogenated alkanes) is 1. The highest BCUT2D eigenvalue weighted by Crippen LogP contribution is 2.38. The molecule has 1 aromatic rings. The van der Waals surface area contributed by atoms with Crippen molar-refractivity contribution < 1.29 is 19.1 Å². The maximum Gasteiger partial charge on any atom is 0.264 e. The lowest BCUT2D eigenvalue weighted by molar-refractivity contribution is -0.120. The molecular weight excluding hydrogens is 344 g/mol. The number of nitrogens with zero attached hydrogens (tertiary/aromatic N) is 2. The molecule has 0 N–H and O–H groups in total. The van der Waals surface area contributed by atoms with Gasteiger partial charge in [-0.25, -0.2) is 0 Å². The summed E-state index contributed by atoms with van der Waals surface area (Å²) in [4.78, 5) is 28.6. The van der Waals surface area contributed by atoms with Crippen molar-refractivity contribution in [3.63, 3.8) is 0 Å². The molecule has 2 heterocycles. The first kappa shape index (κ1) is 18.3. The monoisotopic (exact) mass is 372 g/mol. The molecular formula is C21H28N2O4. The van der Waals surface area contributed by atoms with E-state index < -0.39 is 0 Å². The second kappa shape index (κ2) is 7.50. The molecule has 0 aromatic heterocycles. The van der Waals surface area contributed by atoms with E-state index in [0.29, 0.717) is 36.0 Å². The fourth-order valence-corrected chi connectivity index (χ4v) is 3.94. The van der Waals surface area contributed by atoms with Gasteiger partial charge in [0, 0.05) is 25.7 Å². The minimum atomic E-state index is -0.105. The smallest absolute Gasteiger partial charge is 0.264 e. The summed E-state index contributed by atoms with van der Waals surface area (Å²) in [5.74, 6) is 1.16. The molecule has 146 valence electrons. The van der Waals surface area contributed by atoms with Gasteiger partial charge in [0.2, 0.25) is 0 Å². The van der Waals surface area contributed by atoms with Crippen LogP contribution in [0.4, 0.5) is 5.69 Å². The number of anilines is 1. The van der Waals surface area contributed by atoms with Gasteiger partial charge in [-0.3, -0.25) is 9.59 Å². The molecule has 2 atom stereocenters. The van der Waals surface area contributed by atoms with E-state index in [-0.39, 0.29) is 30.6 Å². The molecule has 1 aromatic carbocycles. The maximum absolute atomic E-state index is 13.2. The zero-order valence-corrected chi connectivity index (χ0v) is 16.1. The van der Waals surface area contributed by atoms with Gasteiger partial charge in [-0.2, -0.15) is 0 Å². The predicted octanol–water partition coefficient (Wildman–Crippen LogP) is 2.85. The minimum Gasteiger partial charge on any atom is -0.482 e. The van der Waals surface area contributed by atoms with Crippen molar-refractivity contribution in [2.75, 3.05) is 31.6 Å². The number of rotatable bonds is 5. The van der Waals surface area contributed by atoms with E-state index in [1.54, 1.807) is 30.1 Å². The fourth-order valence-electron chi connectivity index (χ4n) is 3.94. The normalized spacial score (nSPS) is 25.2. The van der Waals surface area contributed by atoms with E-state index in [0.717, 1.165) is 19.3 Å². The second-order valence-corrected chi connectivity index (χ2v) is 7.91. The average molecular weight is 372 g/mol. The number of ether oxygens (including phenoxy) is 2. The highest BCUT2D eigenvalue weighted by atomic mass is 16.5. The Labute approximate surface area is 160 Å². The van der Waals surface area contributed by atoms with Crippen LogP contribution in [0.1, 0.15) is 49.4 Å². The van der Waals surface area contributed by atoms with Gasteiger partial charge < -0.3 is 19.3 Å². The van der Waals surface area contributed by atoms with Gasteiger partial charge in [0.1, 0.15) is 5.75 Å². The van der Waals surface area contributed by atoms with Gasteiger partial charge >= 0.3 is 0 Å². The average Bonchev–Trinajstić information content (AvgIpc) is 3.53. The molecule has 2 aliphatic heterocycles. The van der Waals surface area contributed by atoms with E-state index >= 15 is 0 Å². The second-order valence-electron chi connectivity index (χ2n) is 7.91. The summed E-state index contributed by atoms with van der Waals surface area (Å²) in [5, 5.41) is 0. The van der Waals surface area contributed by atoms with Crippen LogP contribution in [-0.4, -0.2) is 55.7 Å². The Balaban J connectivity index is 1.53. The number of likely N-dealkylation sites (N-methyl/N-ethyl adjacent to an activating group) is 1. The van der Waals surface area contributed by atoms with Crippen LogP contribution in [0, 0.1) is 5.92 Å². The first-order chi connectivity index (χ1) is 13.1. The van der Waals surface area contributed by atoms with Gasteiger partial charge in [0.05, 0.1) is 17.9 Å². The summed E-state index contributed by atoms with van der Waals surface area (Å²) < 4.78 is 11.8. The molecule has 3 aliphatic rings. The van der Waals surface area contributed by atoms with Gasteiger partial charge in [-0.15, -0.1) is 0 Å². The molecule has 0 radical (unpaired) electrons. The number of carbonyl (C=O) groups excluding carboxylic acids is 2. The van der Waals surface area contributed by atoms with Crippen LogP contribution >= 0.6 is 0 Å². The number of hydrogen-bond acceptors (Lipinski definition) is 4. The zero-order chi connectivity index (χ0) is 19.0. The summed E-state index contributed by atoms with van der Waals surface area (Å²) in [6.07, 6.45) is 5.94. The zero-order valence-electron chi connectivity index (χ0n) is 16.1. The van der Waals surface area contributed by atoms with Crippen LogP contribution < -0.4 is 9.64 Å². The van der Waals surface area contributed by atoms with Crippen LogP contribution in [0.2, 0.25) is 0 Å². The third-order valence-electron chi connectivity index (χ3n) is 5.80. The molecule has 0 spiro atoms. The molecule has 0 unspecified atom stereocenters. The van der Waals surface area contributed by atoms with E-state index in [9.17, 15) is 9.59 Å². The van der Waals surface area contributed by atoms with Crippen molar-refractivity contribution in [1.29, 1.82) is 0 Å². The fraction of sp³-hybridized carbons (Fsp3) is 0.619. The van der Waals surface area contributed by atoms with Crippen molar-refractivity contribution in [2.24, 2.45) is 5.92 Å². The van der Waals surface area contributed by atoms with E-state index in [2.05, 4.69) is 6.92 Å². The van der Waals surface area contributed by atoms with Crippen LogP contribution in [0.25, 0.3) is 0 Å². The summed E-state index contributed by atoms with van der Waals surface area (Å²) in [5.41, 5.74) is 1.26. The first-order valence-electron chi connectivity index (χ1n) is 10.0. The van der Waals surface area contributed by atoms with Gasteiger partial charge in [0.25, 0.3) is 11.8 Å². The van der Waals surface area contributed by atoms with Crippen LogP contribution in [0.3, 0.4) is 0 Å². The lowest BCUT2D eigenvalue weighted by Crippen LogP contribution is -2.50. The Morgan fingerprint density at radius 1 is 1.26 bits per heavy atom. The Kier molecular flexibility index (Phi) is 5.08. The van der Waals surface area contributed by atoms with Gasteiger partial charge in [-0.1, -0.05) is 19.8 Å². The predicted molar refractivity (Wildman–Crippen MR) is 102 cm³/mol. The Bertz CT molecular complexity index is 731. The number of fused-ring (bicyclic) bond motifs is 1. The molecule has 27 heavy (non-hydrogen) atoms. The number of carbonyl (C=O) groups is 2. The van der Waals surface area contributed by atoms with E-state index in [1.165, 1.54) is 12.8 Å². The highest BCUT2D eigenvalue weighted by molar-refractivity contribution is 6.01. The Morgan fingerprint density at radius 2 is 2.07 bits per heavy atom. The molecule has 6 nitrogen and oxygen atoms in total. The quantitative estimate of drug-likeness (QED) is 0.797. The summed E-state index contributed by atoms with van der Waals surface area (Å²) in [6, 6.07) is 5.36. The molecule has 1 saturated heterocycles. The van der Waals surface area contributed by atoms with Crippen molar-refractivity contribution in [3.05, 3.63) is 23.8 Å². The number of benzene rings is 1. The summed E-state index contributed by atoms with van der Waals surface area (Å²) >= 11 is 0. The standard InChI is InChI=1S/C21H28N2O4/c1-3-4-5-16-11-23(12-19(27-16)14-6-7-14)21(25)15-8-9-18-17(10-15)22(2)20(24)13-26-18/h8-10,14,16,19H,3-7,11-13H2,1-2H3/t16-,19-/m1/s1. The minimum absolute atomic E-state index is 0.0136. The van der Waals surface area contributed by atoms with Crippen LogP contribution in [0.15, 0.2) is 18.2 Å². The molecule has 6 heteroatoms. The van der Waals surface area contributed by atoms with Gasteiger partial charge in [-0.05, 0) is 43.4 Å². The Hall–Kier alpha value is -2.08.